The highest BCUT2D eigenvalue weighted by Crippen LogP contribution is 2.18. The van der Waals surface area contributed by atoms with Crippen LogP contribution in [-0.2, 0) is 19.1 Å². The summed E-state index contributed by atoms with van der Waals surface area (Å²) in [5.74, 6) is -1.12. The van der Waals surface area contributed by atoms with Crippen molar-refractivity contribution < 1.29 is 33.8 Å². The van der Waals surface area contributed by atoms with Crippen molar-refractivity contribution in [1.29, 1.82) is 0 Å². The molecule has 0 spiro atoms. The number of nitrogens with zero attached hydrogens (tertiary/aromatic N) is 2. The summed E-state index contributed by atoms with van der Waals surface area (Å²) < 4.78 is 10.3. The Hall–Kier alpha value is -2.78. The van der Waals surface area contributed by atoms with Crippen LogP contribution in [-0.4, -0.2) is 69.3 Å². The topological polar surface area (TPSA) is 125 Å². The minimum Gasteiger partial charge on any atom is -0.465 e. The highest BCUT2D eigenvalue weighted by molar-refractivity contribution is 5.90. The predicted molar refractivity (Wildman–Crippen MR) is 104 cm³/mol. The van der Waals surface area contributed by atoms with Crippen LogP contribution in [0, 0.1) is 0 Å². The van der Waals surface area contributed by atoms with E-state index < -0.39 is 41.3 Å². The van der Waals surface area contributed by atoms with Crippen molar-refractivity contribution in [3.8, 4) is 0 Å². The second-order valence-electron chi connectivity index (χ2n) is 8.63. The van der Waals surface area contributed by atoms with Crippen molar-refractivity contribution in [3.05, 3.63) is 12.4 Å². The van der Waals surface area contributed by atoms with Crippen LogP contribution in [0.3, 0.4) is 0 Å². The molecule has 3 amide bonds. The van der Waals surface area contributed by atoms with E-state index in [1.807, 2.05) is 0 Å². The number of ether oxygens (including phenoxy) is 2. The van der Waals surface area contributed by atoms with E-state index in [0.717, 1.165) is 9.80 Å². The summed E-state index contributed by atoms with van der Waals surface area (Å²) in [6.45, 7) is 10.3. The Morgan fingerprint density at radius 2 is 1.66 bits per heavy atom. The molecular formula is C19H31N3O7. The molecule has 10 nitrogen and oxygen atoms in total. The van der Waals surface area contributed by atoms with Gasteiger partial charge in [0.15, 0.2) is 0 Å². The first-order valence-corrected chi connectivity index (χ1v) is 9.38. The van der Waals surface area contributed by atoms with Crippen LogP contribution in [0.4, 0.5) is 9.59 Å². The van der Waals surface area contributed by atoms with Crippen molar-refractivity contribution in [2.24, 2.45) is 0 Å². The van der Waals surface area contributed by atoms with E-state index in [9.17, 15) is 24.3 Å². The molecule has 1 heterocycles. The first-order chi connectivity index (χ1) is 13.2. The lowest BCUT2D eigenvalue weighted by atomic mass is 10.1. The Morgan fingerprint density at radius 3 is 2.17 bits per heavy atom. The Kier molecular flexibility index (Phi) is 8.05. The summed E-state index contributed by atoms with van der Waals surface area (Å²) in [4.78, 5) is 49.8. The molecule has 2 N–H and O–H groups in total. The van der Waals surface area contributed by atoms with Crippen LogP contribution in [0.1, 0.15) is 54.4 Å². The second-order valence-corrected chi connectivity index (χ2v) is 8.63. The summed E-state index contributed by atoms with van der Waals surface area (Å²) in [5.41, 5.74) is -1.32. The number of amides is 3. The molecule has 1 unspecified atom stereocenters. The van der Waals surface area contributed by atoms with E-state index >= 15 is 0 Å². The molecule has 164 valence electrons. The maximum Gasteiger partial charge on any atom is 0.412 e. The van der Waals surface area contributed by atoms with Gasteiger partial charge in [0.1, 0.15) is 23.8 Å². The number of esters is 1. The van der Waals surface area contributed by atoms with Crippen LogP contribution in [0.2, 0.25) is 0 Å². The van der Waals surface area contributed by atoms with Gasteiger partial charge >= 0.3 is 18.2 Å². The number of hydrogen-bond donors (Lipinski definition) is 2. The zero-order valence-electron chi connectivity index (χ0n) is 17.9. The quantitative estimate of drug-likeness (QED) is 0.505. The smallest absolute Gasteiger partial charge is 0.412 e. The zero-order chi connectivity index (χ0) is 22.4. The lowest BCUT2D eigenvalue weighted by Crippen LogP contribution is -2.52. The van der Waals surface area contributed by atoms with Gasteiger partial charge in [-0.25, -0.2) is 9.59 Å². The standard InChI is InChI=1S/C19H31N3O7/c1-18(2,3)28-14(23)12-21-10-11-22(17(26)27)13(15(21)24)8-7-9-20-16(25)29-19(4,5)6/h10-11,13H,7-9,12H2,1-6H3,(H,20,25)(H,26,27). The predicted octanol–water partition coefficient (Wildman–Crippen LogP) is 2.29. The number of carboxylic acid groups (broad SMARTS) is 1. The first-order valence-electron chi connectivity index (χ1n) is 9.38. The van der Waals surface area contributed by atoms with E-state index in [4.69, 9.17) is 9.47 Å². The molecule has 0 aromatic heterocycles. The molecule has 10 heteroatoms. The van der Waals surface area contributed by atoms with Crippen LogP contribution >= 0.6 is 0 Å². The largest absolute Gasteiger partial charge is 0.465 e. The molecule has 0 aliphatic carbocycles. The third-order valence-corrected chi connectivity index (χ3v) is 3.57. The number of carbonyl (C=O) groups excluding carboxylic acids is 3. The zero-order valence-corrected chi connectivity index (χ0v) is 17.9. The molecule has 1 aliphatic heterocycles. The van der Waals surface area contributed by atoms with Crippen LogP contribution in [0.15, 0.2) is 12.4 Å². The van der Waals surface area contributed by atoms with Gasteiger partial charge in [-0.15, -0.1) is 0 Å². The Morgan fingerprint density at radius 1 is 1.07 bits per heavy atom. The van der Waals surface area contributed by atoms with E-state index in [1.54, 1.807) is 41.5 Å². The fraction of sp³-hybridized carbons (Fsp3) is 0.684. The highest BCUT2D eigenvalue weighted by atomic mass is 16.6. The minimum absolute atomic E-state index is 0.163. The van der Waals surface area contributed by atoms with Gasteiger partial charge in [-0.3, -0.25) is 14.5 Å². The van der Waals surface area contributed by atoms with Gasteiger partial charge in [0.25, 0.3) is 0 Å². The average molecular weight is 413 g/mol. The Labute approximate surface area is 170 Å². The highest BCUT2D eigenvalue weighted by Gasteiger charge is 2.35. The fourth-order valence-electron chi connectivity index (χ4n) is 2.54. The molecule has 29 heavy (non-hydrogen) atoms. The second kappa shape index (κ2) is 9.62. The average Bonchev–Trinajstić information content (AvgIpc) is 2.50. The van der Waals surface area contributed by atoms with Crippen molar-refractivity contribution in [2.75, 3.05) is 13.1 Å². The van der Waals surface area contributed by atoms with E-state index in [2.05, 4.69) is 5.32 Å². The van der Waals surface area contributed by atoms with Gasteiger partial charge in [0, 0.05) is 18.9 Å². The Balaban J connectivity index is 2.67. The molecule has 0 radical (unpaired) electrons. The fourth-order valence-corrected chi connectivity index (χ4v) is 2.54. The summed E-state index contributed by atoms with van der Waals surface area (Å²) >= 11 is 0. The van der Waals surface area contributed by atoms with E-state index in [1.165, 1.54) is 12.4 Å². The maximum absolute atomic E-state index is 12.7. The number of rotatable bonds is 6. The third-order valence-electron chi connectivity index (χ3n) is 3.57. The molecule has 0 aromatic carbocycles. The molecule has 1 atom stereocenters. The van der Waals surface area contributed by atoms with Crippen molar-refractivity contribution >= 4 is 24.1 Å². The first kappa shape index (κ1) is 24.3. The lowest BCUT2D eigenvalue weighted by Gasteiger charge is -2.34. The van der Waals surface area contributed by atoms with E-state index in [-0.39, 0.29) is 19.5 Å². The molecular weight excluding hydrogens is 382 g/mol. The van der Waals surface area contributed by atoms with Gasteiger partial charge < -0.3 is 24.8 Å². The summed E-state index contributed by atoms with van der Waals surface area (Å²) in [5, 5.41) is 11.9. The Bertz CT molecular complexity index is 662. The number of hydrogen-bond acceptors (Lipinski definition) is 6. The molecule has 0 bridgehead atoms. The summed E-state index contributed by atoms with van der Waals surface area (Å²) in [7, 11) is 0. The molecule has 1 rings (SSSR count). The van der Waals surface area contributed by atoms with Gasteiger partial charge in [-0.05, 0) is 54.4 Å². The monoisotopic (exact) mass is 413 g/mol. The van der Waals surface area contributed by atoms with Crippen molar-refractivity contribution in [3.63, 3.8) is 0 Å². The van der Waals surface area contributed by atoms with Gasteiger partial charge in [-0.2, -0.15) is 0 Å². The maximum atomic E-state index is 12.7. The third kappa shape index (κ3) is 8.84. The van der Waals surface area contributed by atoms with Gasteiger partial charge in [-0.1, -0.05) is 0 Å². The molecule has 0 aromatic rings. The van der Waals surface area contributed by atoms with Crippen LogP contribution in [0.25, 0.3) is 0 Å². The van der Waals surface area contributed by atoms with Crippen molar-refractivity contribution in [2.45, 2.75) is 71.6 Å². The number of alkyl carbamates (subject to hydrolysis) is 1. The van der Waals surface area contributed by atoms with Crippen LogP contribution in [0.5, 0.6) is 0 Å². The minimum atomic E-state index is -1.28. The molecule has 0 saturated heterocycles. The van der Waals surface area contributed by atoms with Crippen LogP contribution < -0.4 is 5.32 Å². The van der Waals surface area contributed by atoms with E-state index in [0.29, 0.717) is 6.42 Å². The van der Waals surface area contributed by atoms with Crippen molar-refractivity contribution in [1.82, 2.24) is 15.1 Å². The summed E-state index contributed by atoms with van der Waals surface area (Å²) in [6, 6.07) is -1.000. The molecule has 0 saturated carbocycles. The summed E-state index contributed by atoms with van der Waals surface area (Å²) in [6.07, 6.45) is 1.12. The number of nitrogens with one attached hydrogen (secondary N) is 1. The molecule has 0 fully saturated rings. The SMILES string of the molecule is CC(C)(C)OC(=O)CN1C=CN(C(=O)O)C(CCCNC(=O)OC(C)(C)C)C1=O. The normalized spacial score (nSPS) is 17.2. The number of carbonyl (C=O) groups is 4. The molecule has 1 aliphatic rings. The lowest BCUT2D eigenvalue weighted by molar-refractivity contribution is -0.158. The van der Waals surface area contributed by atoms with Gasteiger partial charge in [0.05, 0.1) is 0 Å². The van der Waals surface area contributed by atoms with Gasteiger partial charge in [0.2, 0.25) is 5.91 Å².